The Morgan fingerprint density at radius 2 is 1.80 bits per heavy atom. The lowest BCUT2D eigenvalue weighted by Gasteiger charge is -2.33. The first kappa shape index (κ1) is 19.1. The molecule has 0 radical (unpaired) electrons. The number of benzene rings is 1. The lowest BCUT2D eigenvalue weighted by atomic mass is 10.2. The van der Waals surface area contributed by atoms with Gasteiger partial charge in [0.25, 0.3) is 10.0 Å². The van der Waals surface area contributed by atoms with Crippen molar-refractivity contribution < 1.29 is 13.2 Å². The number of piperazine rings is 1. The van der Waals surface area contributed by atoms with Gasteiger partial charge in [0.2, 0.25) is 0 Å². The molecule has 0 N–H and O–H groups in total. The van der Waals surface area contributed by atoms with E-state index in [1.165, 1.54) is 6.20 Å². The van der Waals surface area contributed by atoms with Crippen LogP contribution in [0.3, 0.4) is 0 Å². The van der Waals surface area contributed by atoms with Gasteiger partial charge in [0.05, 0.1) is 23.3 Å². The van der Waals surface area contributed by atoms with Gasteiger partial charge in [-0.3, -0.25) is 0 Å². The van der Waals surface area contributed by atoms with Gasteiger partial charge in [-0.1, -0.05) is 0 Å². The average molecular weight is 429 g/mol. The molecule has 2 aliphatic heterocycles. The molecule has 0 amide bonds. The van der Waals surface area contributed by atoms with Gasteiger partial charge in [-0.15, -0.1) is 4.09 Å². The maximum Gasteiger partial charge on any atom is 0.285 e. The highest BCUT2D eigenvalue weighted by Crippen LogP contribution is 2.33. The van der Waals surface area contributed by atoms with E-state index in [-0.39, 0.29) is 4.90 Å². The third kappa shape index (κ3) is 3.16. The number of aromatic nitrogens is 3. The monoisotopic (exact) mass is 428 g/mol. The molecule has 3 aromatic rings. The zero-order valence-corrected chi connectivity index (χ0v) is 17.8. The first-order chi connectivity index (χ1) is 14.4. The molecule has 0 bridgehead atoms. The summed E-state index contributed by atoms with van der Waals surface area (Å²) >= 11 is 0. The highest BCUT2D eigenvalue weighted by Gasteiger charge is 2.25. The zero-order chi connectivity index (χ0) is 20.9. The average Bonchev–Trinajstić information content (AvgIpc) is 3.18. The van der Waals surface area contributed by atoms with Gasteiger partial charge in [-0.25, -0.2) is 4.98 Å². The maximum absolute atomic E-state index is 13.4. The molecule has 0 unspecified atom stereocenters. The molecule has 1 aromatic carbocycles. The molecule has 0 saturated carbocycles. The zero-order valence-electron chi connectivity index (χ0n) is 17.0. The van der Waals surface area contributed by atoms with E-state index in [0.29, 0.717) is 23.4 Å². The van der Waals surface area contributed by atoms with E-state index in [9.17, 15) is 8.42 Å². The summed E-state index contributed by atoms with van der Waals surface area (Å²) in [6.45, 7) is 4.88. The quantitative estimate of drug-likeness (QED) is 0.616. The molecule has 10 heteroatoms. The van der Waals surface area contributed by atoms with E-state index >= 15 is 0 Å². The van der Waals surface area contributed by atoms with Crippen molar-refractivity contribution in [3.05, 3.63) is 36.5 Å². The maximum atomic E-state index is 13.4. The molecule has 9 nitrogen and oxygen atoms in total. The molecular weight excluding hydrogens is 404 g/mol. The first-order valence-corrected chi connectivity index (χ1v) is 11.4. The highest BCUT2D eigenvalue weighted by atomic mass is 32.2. The second-order valence-electron chi connectivity index (χ2n) is 7.76. The van der Waals surface area contributed by atoms with Crippen LogP contribution >= 0.6 is 0 Å². The van der Waals surface area contributed by atoms with E-state index < -0.39 is 10.0 Å². The Morgan fingerprint density at radius 1 is 1.00 bits per heavy atom. The summed E-state index contributed by atoms with van der Waals surface area (Å²) in [5.41, 5.74) is 1.21. The van der Waals surface area contributed by atoms with E-state index in [0.717, 1.165) is 48.3 Å². The van der Waals surface area contributed by atoms with Gasteiger partial charge in [0.15, 0.2) is 5.65 Å². The van der Waals surface area contributed by atoms with Crippen molar-refractivity contribution in [1.29, 1.82) is 0 Å². The summed E-state index contributed by atoms with van der Waals surface area (Å²) in [6.07, 6.45) is 1.54. The van der Waals surface area contributed by atoms with Crippen LogP contribution in [0.5, 0.6) is 5.75 Å². The Morgan fingerprint density at radius 3 is 2.60 bits per heavy atom. The van der Waals surface area contributed by atoms with E-state index in [2.05, 4.69) is 26.9 Å². The van der Waals surface area contributed by atoms with Crippen LogP contribution in [-0.2, 0) is 10.0 Å². The summed E-state index contributed by atoms with van der Waals surface area (Å²) in [4.78, 5) is 11.3. The number of hydrogen-bond donors (Lipinski definition) is 0. The fourth-order valence-corrected chi connectivity index (χ4v) is 5.10. The minimum atomic E-state index is -3.91. The summed E-state index contributed by atoms with van der Waals surface area (Å²) in [5.74, 6) is 1.33. The number of rotatable bonds is 3. The van der Waals surface area contributed by atoms with Gasteiger partial charge in [-0.05, 0) is 31.3 Å². The van der Waals surface area contributed by atoms with Gasteiger partial charge < -0.3 is 19.4 Å². The van der Waals surface area contributed by atoms with E-state index in [1.807, 2.05) is 24.1 Å². The van der Waals surface area contributed by atoms with Crippen molar-refractivity contribution in [3.8, 4) is 5.75 Å². The van der Waals surface area contributed by atoms with Crippen LogP contribution in [0.2, 0.25) is 0 Å². The molecule has 5 rings (SSSR count). The van der Waals surface area contributed by atoms with Crippen LogP contribution in [0.15, 0.2) is 41.4 Å². The van der Waals surface area contributed by atoms with Crippen LogP contribution < -0.4 is 14.5 Å². The number of ether oxygens (including phenoxy) is 1. The minimum Gasteiger partial charge on any atom is -0.490 e. The lowest BCUT2D eigenvalue weighted by molar-refractivity contribution is 0.310. The van der Waals surface area contributed by atoms with Crippen LogP contribution in [0.4, 0.5) is 11.5 Å². The number of likely N-dealkylation sites (N-methyl/N-ethyl adjacent to an activating group) is 2. The normalized spacial score (nSPS) is 17.8. The van der Waals surface area contributed by atoms with Crippen LogP contribution in [0.25, 0.3) is 11.0 Å². The molecule has 0 spiro atoms. The second-order valence-corrected chi connectivity index (χ2v) is 9.53. The topological polar surface area (TPSA) is 83.8 Å². The van der Waals surface area contributed by atoms with Crippen LogP contribution in [0, 0.1) is 0 Å². The third-order valence-corrected chi connectivity index (χ3v) is 7.33. The molecule has 1 fully saturated rings. The Bertz CT molecular complexity index is 1200. The van der Waals surface area contributed by atoms with Crippen molar-refractivity contribution in [1.82, 2.24) is 19.1 Å². The molecule has 0 aliphatic carbocycles. The smallest absolute Gasteiger partial charge is 0.285 e. The summed E-state index contributed by atoms with van der Waals surface area (Å²) in [7, 11) is 0.140. The number of hydrogen-bond acceptors (Lipinski definition) is 8. The van der Waals surface area contributed by atoms with Crippen LogP contribution in [-0.4, -0.2) is 80.9 Å². The minimum absolute atomic E-state index is 0.133. The van der Waals surface area contributed by atoms with Crippen molar-refractivity contribution >= 4 is 32.6 Å². The van der Waals surface area contributed by atoms with E-state index in [4.69, 9.17) is 4.74 Å². The summed E-state index contributed by atoms with van der Waals surface area (Å²) in [6, 6.07) is 8.74. The highest BCUT2D eigenvalue weighted by molar-refractivity contribution is 7.90. The Kier molecular flexibility index (Phi) is 4.55. The molecular formula is C20H24N6O3S. The number of fused-ring (bicyclic) bond motifs is 2. The summed E-state index contributed by atoms with van der Waals surface area (Å²) in [5, 5.41) is 4.84. The Labute approximate surface area is 175 Å². The molecule has 1 saturated heterocycles. The molecule has 0 atom stereocenters. The van der Waals surface area contributed by atoms with Gasteiger partial charge >= 0.3 is 0 Å². The number of pyridine rings is 1. The predicted octanol–water partition coefficient (Wildman–Crippen LogP) is 1.25. The lowest BCUT2D eigenvalue weighted by Crippen LogP contribution is -2.44. The fraction of sp³-hybridized carbons (Fsp3) is 0.400. The largest absolute Gasteiger partial charge is 0.490 e. The molecule has 2 aliphatic rings. The van der Waals surface area contributed by atoms with Crippen molar-refractivity contribution in [3.63, 3.8) is 0 Å². The Balaban J connectivity index is 1.54. The molecule has 4 heterocycles. The number of nitrogens with zero attached hydrogens (tertiary/aromatic N) is 6. The first-order valence-electron chi connectivity index (χ1n) is 9.95. The molecule has 2 aromatic heterocycles. The van der Waals surface area contributed by atoms with Gasteiger partial charge in [-0.2, -0.15) is 13.5 Å². The van der Waals surface area contributed by atoms with Crippen molar-refractivity contribution in [2.75, 3.05) is 63.2 Å². The fourth-order valence-electron chi connectivity index (χ4n) is 3.86. The van der Waals surface area contributed by atoms with Gasteiger partial charge in [0.1, 0.15) is 18.2 Å². The predicted molar refractivity (Wildman–Crippen MR) is 115 cm³/mol. The summed E-state index contributed by atoms with van der Waals surface area (Å²) < 4.78 is 33.5. The van der Waals surface area contributed by atoms with Gasteiger partial charge in [0, 0.05) is 44.7 Å². The Hall–Kier alpha value is -2.85. The number of anilines is 2. The third-order valence-electron chi connectivity index (χ3n) is 5.75. The SMILES string of the molecule is CN1CCN(c2ccc3cnn(S(=O)(=O)c4ccc5c(c4)OCCN5C)c3n2)CC1. The molecule has 158 valence electrons. The van der Waals surface area contributed by atoms with Crippen molar-refractivity contribution in [2.24, 2.45) is 0 Å². The van der Waals surface area contributed by atoms with Crippen molar-refractivity contribution in [2.45, 2.75) is 4.90 Å². The standard InChI is InChI=1S/C20H24N6O3S/c1-23-7-9-25(10-8-23)19-6-3-15-14-21-26(20(15)22-19)30(27,28)16-4-5-17-18(13-16)29-12-11-24(17)2/h3-6,13-14H,7-12H2,1-2H3. The second kappa shape index (κ2) is 7.13. The van der Waals surface area contributed by atoms with Crippen LogP contribution in [0.1, 0.15) is 0 Å². The molecule has 30 heavy (non-hydrogen) atoms. The van der Waals surface area contributed by atoms with E-state index in [1.54, 1.807) is 18.2 Å².